The van der Waals surface area contributed by atoms with Crippen LogP contribution >= 0.6 is 0 Å². The zero-order valence-electron chi connectivity index (χ0n) is 64.6. The maximum absolute atomic E-state index is 7.36. The lowest BCUT2D eigenvalue weighted by molar-refractivity contribution is 0.326. The molecule has 0 radical (unpaired) electrons. The molecule has 0 heterocycles. The molecule has 4 aromatic carbocycles. The van der Waals surface area contributed by atoms with E-state index in [9.17, 15) is 0 Å². The molecule has 0 saturated carbocycles. The second-order valence-corrected chi connectivity index (χ2v) is 27.9. The largest absolute Gasteiger partial charge is 0.489 e. The van der Waals surface area contributed by atoms with Crippen molar-refractivity contribution < 1.29 is 37.9 Å². The van der Waals surface area contributed by atoms with Gasteiger partial charge in [-0.2, -0.15) is 0 Å². The molecule has 0 aromatic heterocycles. The van der Waals surface area contributed by atoms with Gasteiger partial charge in [-0.25, -0.2) is 0 Å². The Hall–Kier alpha value is -6.80. The molecule has 8 heteroatoms. The molecule has 8 bridgehead atoms. The summed E-state index contributed by atoms with van der Waals surface area (Å²) < 4.78 is 57.9. The van der Waals surface area contributed by atoms with Gasteiger partial charge in [0.05, 0.1) is 0 Å². The second kappa shape index (κ2) is 48.9. The lowest BCUT2D eigenvalue weighted by atomic mass is 9.75. The van der Waals surface area contributed by atoms with Crippen molar-refractivity contribution in [2.75, 3.05) is 52.9 Å². The molecule has 4 aromatic rings. The van der Waals surface area contributed by atoms with E-state index in [4.69, 9.17) is 37.9 Å². The van der Waals surface area contributed by atoms with Crippen molar-refractivity contribution in [3.8, 4) is 46.0 Å². The highest BCUT2D eigenvalue weighted by atomic mass is 16.5. The number of ether oxygens (including phenoxy) is 8. The molecule has 0 spiro atoms. The highest BCUT2D eigenvalue weighted by molar-refractivity contribution is 5.70. The van der Waals surface area contributed by atoms with Gasteiger partial charge in [-0.05, 0) is 101 Å². The Morgan fingerprint density at radius 1 is 0.290 bits per heavy atom. The Kier molecular flexibility index (Phi) is 41.0. The first-order valence-corrected chi connectivity index (χ1v) is 39.5. The third kappa shape index (κ3) is 24.7. The average molecular weight is 1370 g/mol. The minimum absolute atomic E-state index is 0.217. The fourth-order valence-electron chi connectivity index (χ4n) is 15.2. The molecule has 100 heavy (non-hydrogen) atoms. The van der Waals surface area contributed by atoms with Crippen molar-refractivity contribution in [3.05, 3.63) is 191 Å². The predicted molar refractivity (Wildman–Crippen MR) is 428 cm³/mol. The SMILES string of the molecule is C=CCOc1c2cc(c(OCC=C)c1C)C(CCCCCCCCC)c1c(CCCCCCCCC)c(c(OCC=C)c(C)c1OCC=C)Cc1c(CCCCCCCCC)c(c(OCC=C)c(C)c1OCC=C)Cc1c(CCCCCCCCC)c(c(OCC=C)c(C)c1OCC=C)C2. The topological polar surface area (TPSA) is 73.8 Å². The van der Waals surface area contributed by atoms with Crippen molar-refractivity contribution in [3.63, 3.8) is 0 Å². The Bertz CT molecular complexity index is 3170. The number of rotatable bonds is 56. The third-order valence-corrected chi connectivity index (χ3v) is 20.1. The summed E-state index contributed by atoms with van der Waals surface area (Å²) in [6.07, 6.45) is 52.4. The van der Waals surface area contributed by atoms with Gasteiger partial charge in [0.25, 0.3) is 0 Å². The zero-order valence-corrected chi connectivity index (χ0v) is 64.6. The van der Waals surface area contributed by atoms with Crippen LogP contribution in [-0.4, -0.2) is 52.9 Å². The van der Waals surface area contributed by atoms with Crippen LogP contribution < -0.4 is 37.9 Å². The van der Waals surface area contributed by atoms with Crippen LogP contribution in [0.3, 0.4) is 0 Å². The molecule has 0 amide bonds. The van der Waals surface area contributed by atoms with E-state index < -0.39 is 0 Å². The van der Waals surface area contributed by atoms with Crippen LogP contribution in [-0.2, 0) is 38.5 Å². The minimum Gasteiger partial charge on any atom is -0.489 e. The third-order valence-electron chi connectivity index (χ3n) is 20.1. The summed E-state index contributed by atoms with van der Waals surface area (Å²) >= 11 is 0. The van der Waals surface area contributed by atoms with Gasteiger partial charge in [0.1, 0.15) is 98.9 Å². The van der Waals surface area contributed by atoms with Crippen molar-refractivity contribution in [1.29, 1.82) is 0 Å². The second-order valence-electron chi connectivity index (χ2n) is 27.9. The Morgan fingerprint density at radius 2 is 0.540 bits per heavy atom. The number of hydrogen-bond donors (Lipinski definition) is 0. The molecule has 1 atom stereocenters. The van der Waals surface area contributed by atoms with Gasteiger partial charge in [-0.3, -0.25) is 0 Å². The summed E-state index contributed by atoms with van der Waals surface area (Å²) in [5.74, 6) is 6.34. The number of fused-ring (bicyclic) bond motifs is 8. The molecular formula is C92H136O8. The van der Waals surface area contributed by atoms with E-state index in [2.05, 4.69) is 114 Å². The molecule has 8 nitrogen and oxygen atoms in total. The monoisotopic (exact) mass is 1370 g/mol. The van der Waals surface area contributed by atoms with Crippen LogP contribution in [0.25, 0.3) is 0 Å². The van der Waals surface area contributed by atoms with Crippen LogP contribution in [0, 0.1) is 27.7 Å². The highest BCUT2D eigenvalue weighted by Crippen LogP contribution is 2.54. The highest BCUT2D eigenvalue weighted by Gasteiger charge is 2.37. The van der Waals surface area contributed by atoms with Gasteiger partial charge in [0.15, 0.2) is 0 Å². The van der Waals surface area contributed by atoms with Gasteiger partial charge in [0, 0.05) is 86.4 Å². The van der Waals surface area contributed by atoms with Gasteiger partial charge >= 0.3 is 0 Å². The molecule has 5 rings (SSSR count). The van der Waals surface area contributed by atoms with Gasteiger partial charge < -0.3 is 37.9 Å². The smallest absolute Gasteiger partial charge is 0.130 e. The molecule has 1 aliphatic rings. The van der Waals surface area contributed by atoms with E-state index in [1.165, 1.54) is 151 Å². The van der Waals surface area contributed by atoms with E-state index >= 15 is 0 Å². The van der Waals surface area contributed by atoms with E-state index in [-0.39, 0.29) is 5.92 Å². The van der Waals surface area contributed by atoms with Crippen molar-refractivity contribution >= 4 is 0 Å². The summed E-state index contributed by atoms with van der Waals surface area (Å²) in [4.78, 5) is 0. The first-order valence-electron chi connectivity index (χ1n) is 39.5. The van der Waals surface area contributed by atoms with E-state index in [1.54, 1.807) is 0 Å². The van der Waals surface area contributed by atoms with E-state index in [1.807, 2.05) is 48.6 Å². The average Bonchev–Trinajstić information content (AvgIpc) is 1.20. The summed E-state index contributed by atoms with van der Waals surface area (Å²) in [5, 5.41) is 0. The Balaban J connectivity index is 2.26. The van der Waals surface area contributed by atoms with Crippen LogP contribution in [0.2, 0.25) is 0 Å². The first-order chi connectivity index (χ1) is 49.0. The molecule has 0 aliphatic heterocycles. The van der Waals surface area contributed by atoms with Gasteiger partial charge in [-0.1, -0.05) is 289 Å². The van der Waals surface area contributed by atoms with Crippen LogP contribution in [0.15, 0.2) is 107 Å². The lowest BCUT2D eigenvalue weighted by Crippen LogP contribution is -2.19. The standard InChI is InChI=1S/C92H136O8/c1-17-29-33-37-41-45-49-53-74-78-65-73-66-79(86(94-58-22-6)69(13)85(73)93-57-21-5)76(55-51-47-43-39-35-31-19-3)84-77(56-52-48-44-40-36-32-20-4)83(91(99-63-27-11)72(16)92(84)100-64-28-12)68-82-75(54-50-46-42-38-34-30-18-2)81(89(97-61-25-9)71(15)90(82)98-62-26-10)67-80(74)88(96-60-24-8)70(14)87(78)95-59-23-7/h21-28,66,76H,5-12,17-20,29-65,67-68H2,1-4,13-16H3. The van der Waals surface area contributed by atoms with Crippen LogP contribution in [0.1, 0.15) is 303 Å². The normalized spacial score (nSPS) is 12.5. The van der Waals surface area contributed by atoms with Crippen molar-refractivity contribution in [2.45, 2.75) is 286 Å². The molecule has 1 aliphatic carbocycles. The molecule has 0 saturated heterocycles. The number of unbranched alkanes of at least 4 members (excludes halogenated alkanes) is 24. The maximum Gasteiger partial charge on any atom is 0.130 e. The first kappa shape index (κ1) is 83.9. The summed E-state index contributed by atoms with van der Waals surface area (Å²) in [6.45, 7) is 54.5. The van der Waals surface area contributed by atoms with Crippen LogP contribution in [0.5, 0.6) is 46.0 Å². The van der Waals surface area contributed by atoms with Gasteiger partial charge in [0.2, 0.25) is 0 Å². The fourth-order valence-corrected chi connectivity index (χ4v) is 15.2. The van der Waals surface area contributed by atoms with Crippen molar-refractivity contribution in [1.82, 2.24) is 0 Å². The molecular weight excluding hydrogens is 1230 g/mol. The molecule has 0 fully saturated rings. The Labute approximate surface area is 610 Å². The fraction of sp³-hybridized carbons (Fsp3) is 0.565. The van der Waals surface area contributed by atoms with Crippen molar-refractivity contribution in [2.24, 2.45) is 0 Å². The molecule has 552 valence electrons. The zero-order chi connectivity index (χ0) is 72.3. The molecule has 0 N–H and O–H groups in total. The summed E-state index contributed by atoms with van der Waals surface area (Å²) in [7, 11) is 0. The van der Waals surface area contributed by atoms with Crippen LogP contribution in [0.4, 0.5) is 0 Å². The minimum atomic E-state index is -0.217. The summed E-state index contributed by atoms with van der Waals surface area (Å²) in [5.41, 5.74) is 16.6. The maximum atomic E-state index is 7.36. The number of hydrogen-bond acceptors (Lipinski definition) is 8. The Morgan fingerprint density at radius 3 is 0.880 bits per heavy atom. The number of benzene rings is 4. The van der Waals surface area contributed by atoms with Gasteiger partial charge in [-0.15, -0.1) is 0 Å². The lowest BCUT2D eigenvalue weighted by Gasteiger charge is -2.33. The predicted octanol–water partition coefficient (Wildman–Crippen LogP) is 25.7. The molecule has 1 unspecified atom stereocenters. The van der Waals surface area contributed by atoms with E-state index in [0.29, 0.717) is 72.1 Å². The quantitative estimate of drug-likeness (QED) is 0.0320. The summed E-state index contributed by atoms with van der Waals surface area (Å²) in [6, 6.07) is 2.45. The van der Waals surface area contributed by atoms with E-state index in [0.717, 1.165) is 184 Å².